The Morgan fingerprint density at radius 3 is 3.00 bits per heavy atom. The molecule has 130 valence electrons. The van der Waals surface area contributed by atoms with Gasteiger partial charge in [-0.2, -0.15) is 0 Å². The summed E-state index contributed by atoms with van der Waals surface area (Å²) in [6, 6.07) is 7.30. The van der Waals surface area contributed by atoms with Crippen LogP contribution < -0.4 is 5.56 Å². The van der Waals surface area contributed by atoms with Gasteiger partial charge in [-0.1, -0.05) is 23.2 Å². The van der Waals surface area contributed by atoms with E-state index < -0.39 is 0 Å². The molecular formula is C18H19ClN4O2. The number of likely N-dealkylation sites (tertiary alicyclic amines) is 1. The summed E-state index contributed by atoms with van der Waals surface area (Å²) in [7, 11) is 0. The second-order valence-electron chi connectivity index (χ2n) is 6.51. The summed E-state index contributed by atoms with van der Waals surface area (Å²) in [5, 5.41) is 4.71. The fourth-order valence-electron chi connectivity index (χ4n) is 3.47. The first-order valence-electron chi connectivity index (χ1n) is 8.45. The van der Waals surface area contributed by atoms with E-state index in [4.69, 9.17) is 16.1 Å². The van der Waals surface area contributed by atoms with Crippen LogP contribution in [-0.2, 0) is 6.54 Å². The van der Waals surface area contributed by atoms with Crippen molar-refractivity contribution in [2.24, 2.45) is 0 Å². The zero-order valence-corrected chi connectivity index (χ0v) is 14.7. The summed E-state index contributed by atoms with van der Waals surface area (Å²) >= 11 is 5.96. The molecule has 4 rings (SSSR count). The smallest absolute Gasteiger partial charge is 0.258 e. The van der Waals surface area contributed by atoms with Crippen LogP contribution in [0, 0.1) is 6.92 Å². The van der Waals surface area contributed by atoms with Gasteiger partial charge in [0.2, 0.25) is 0 Å². The Balaban J connectivity index is 1.64. The molecule has 1 fully saturated rings. The van der Waals surface area contributed by atoms with Crippen molar-refractivity contribution in [3.63, 3.8) is 0 Å². The van der Waals surface area contributed by atoms with Crippen LogP contribution in [0.5, 0.6) is 0 Å². The highest BCUT2D eigenvalue weighted by molar-refractivity contribution is 6.30. The number of pyridine rings is 1. The van der Waals surface area contributed by atoms with Gasteiger partial charge in [-0.15, -0.1) is 0 Å². The van der Waals surface area contributed by atoms with Crippen LogP contribution in [0.3, 0.4) is 0 Å². The molecule has 0 bridgehead atoms. The molecule has 1 atom stereocenters. The lowest BCUT2D eigenvalue weighted by Crippen LogP contribution is -2.34. The van der Waals surface area contributed by atoms with Gasteiger partial charge in [0.25, 0.3) is 5.56 Å². The molecule has 7 heteroatoms. The largest absolute Gasteiger partial charge is 0.361 e. The number of aryl methyl sites for hydroxylation is 1. The predicted octanol–water partition coefficient (Wildman–Crippen LogP) is 3.37. The molecule has 0 spiro atoms. The Morgan fingerprint density at radius 2 is 2.20 bits per heavy atom. The Labute approximate surface area is 150 Å². The number of nitrogens with zero attached hydrogens (tertiary/aromatic N) is 4. The maximum absolute atomic E-state index is 12.4. The topological polar surface area (TPSA) is 63.6 Å². The number of hydrogen-bond acceptors (Lipinski definition) is 5. The number of piperidine rings is 1. The zero-order valence-electron chi connectivity index (χ0n) is 14.0. The lowest BCUT2D eigenvalue weighted by molar-refractivity contribution is 0.132. The van der Waals surface area contributed by atoms with Gasteiger partial charge in [0.05, 0.1) is 16.8 Å². The quantitative estimate of drug-likeness (QED) is 0.718. The third kappa shape index (κ3) is 3.32. The molecule has 3 aromatic rings. The average molecular weight is 359 g/mol. The van der Waals surface area contributed by atoms with Crippen LogP contribution in [0.4, 0.5) is 0 Å². The van der Waals surface area contributed by atoms with Gasteiger partial charge in [-0.3, -0.25) is 14.1 Å². The van der Waals surface area contributed by atoms with Crippen molar-refractivity contribution in [2.45, 2.75) is 38.8 Å². The van der Waals surface area contributed by atoms with E-state index in [1.54, 1.807) is 24.4 Å². The number of hydrogen-bond donors (Lipinski definition) is 0. The SMILES string of the molecule is Cc1cc(C2CCCCN2Cc2cc(=O)n3cc(Cl)ccc3n2)no1. The molecule has 3 aromatic heterocycles. The van der Waals surface area contributed by atoms with Crippen LogP contribution in [-0.4, -0.2) is 26.0 Å². The second kappa shape index (κ2) is 6.61. The number of aromatic nitrogens is 3. The molecule has 1 saturated heterocycles. The third-order valence-corrected chi connectivity index (χ3v) is 4.87. The first-order chi connectivity index (χ1) is 12.1. The number of rotatable bonds is 3. The lowest BCUT2D eigenvalue weighted by Gasteiger charge is -2.34. The van der Waals surface area contributed by atoms with Gasteiger partial charge < -0.3 is 4.52 Å². The Kier molecular flexibility index (Phi) is 4.31. The van der Waals surface area contributed by atoms with Crippen molar-refractivity contribution in [3.8, 4) is 0 Å². The summed E-state index contributed by atoms with van der Waals surface area (Å²) in [4.78, 5) is 19.3. The molecule has 0 N–H and O–H groups in total. The fourth-order valence-corrected chi connectivity index (χ4v) is 3.63. The minimum absolute atomic E-state index is 0.117. The maximum Gasteiger partial charge on any atom is 0.258 e. The molecule has 0 saturated carbocycles. The van der Waals surface area contributed by atoms with Crippen LogP contribution in [0.1, 0.15) is 42.5 Å². The maximum atomic E-state index is 12.4. The highest BCUT2D eigenvalue weighted by Crippen LogP contribution is 2.31. The van der Waals surface area contributed by atoms with Gasteiger partial charge in [0, 0.05) is 24.9 Å². The molecule has 4 heterocycles. The molecule has 0 radical (unpaired) electrons. The van der Waals surface area contributed by atoms with Crippen molar-refractivity contribution >= 4 is 17.2 Å². The minimum atomic E-state index is -0.117. The Morgan fingerprint density at radius 1 is 1.32 bits per heavy atom. The monoisotopic (exact) mass is 358 g/mol. The molecule has 1 aliphatic rings. The first-order valence-corrected chi connectivity index (χ1v) is 8.83. The van der Waals surface area contributed by atoms with Crippen LogP contribution in [0.25, 0.3) is 5.65 Å². The van der Waals surface area contributed by atoms with Gasteiger partial charge in [0.1, 0.15) is 17.1 Å². The molecule has 1 aliphatic heterocycles. The first kappa shape index (κ1) is 16.3. The molecule has 1 unspecified atom stereocenters. The van der Waals surface area contributed by atoms with Crippen molar-refractivity contribution < 1.29 is 4.52 Å². The van der Waals surface area contributed by atoms with E-state index in [2.05, 4.69) is 15.0 Å². The van der Waals surface area contributed by atoms with Gasteiger partial charge in [-0.25, -0.2) is 4.98 Å². The van der Waals surface area contributed by atoms with E-state index in [1.165, 1.54) is 10.8 Å². The predicted molar refractivity (Wildman–Crippen MR) is 94.7 cm³/mol. The van der Waals surface area contributed by atoms with Crippen molar-refractivity contribution in [3.05, 3.63) is 63.0 Å². The molecule has 6 nitrogen and oxygen atoms in total. The fraction of sp³-hybridized carbons (Fsp3) is 0.389. The van der Waals surface area contributed by atoms with Crippen molar-refractivity contribution in [1.29, 1.82) is 0 Å². The second-order valence-corrected chi connectivity index (χ2v) is 6.94. The summed E-state index contributed by atoms with van der Waals surface area (Å²) in [5.74, 6) is 0.819. The standard InChI is InChI=1S/C18H19ClN4O2/c1-12-8-15(21-25-12)16-4-2-3-7-22(16)11-14-9-18(24)23-10-13(19)5-6-17(23)20-14/h5-6,8-10,16H,2-4,7,11H2,1H3. The number of halogens is 1. The Hall–Kier alpha value is -2.18. The number of fused-ring (bicyclic) bond motifs is 1. The van der Waals surface area contributed by atoms with E-state index in [0.717, 1.165) is 36.5 Å². The minimum Gasteiger partial charge on any atom is -0.361 e. The van der Waals surface area contributed by atoms with E-state index in [9.17, 15) is 4.79 Å². The van der Waals surface area contributed by atoms with Crippen LogP contribution in [0.2, 0.25) is 5.02 Å². The molecule has 0 amide bonds. The van der Waals surface area contributed by atoms with Gasteiger partial charge >= 0.3 is 0 Å². The van der Waals surface area contributed by atoms with Crippen molar-refractivity contribution in [1.82, 2.24) is 19.4 Å². The summed E-state index contributed by atoms with van der Waals surface area (Å²) < 4.78 is 6.72. The summed E-state index contributed by atoms with van der Waals surface area (Å²) in [6.07, 6.45) is 4.93. The average Bonchev–Trinajstić information content (AvgIpc) is 3.02. The van der Waals surface area contributed by atoms with Crippen LogP contribution >= 0.6 is 11.6 Å². The van der Waals surface area contributed by atoms with Crippen LogP contribution in [0.15, 0.2) is 39.8 Å². The van der Waals surface area contributed by atoms with E-state index in [1.807, 2.05) is 13.0 Å². The molecular weight excluding hydrogens is 340 g/mol. The Bertz CT molecular complexity index is 965. The molecule has 25 heavy (non-hydrogen) atoms. The summed E-state index contributed by atoms with van der Waals surface area (Å²) in [6.45, 7) is 3.48. The van der Waals surface area contributed by atoms with E-state index in [-0.39, 0.29) is 11.6 Å². The lowest BCUT2D eigenvalue weighted by atomic mass is 9.99. The molecule has 0 aliphatic carbocycles. The van der Waals surface area contributed by atoms with E-state index >= 15 is 0 Å². The van der Waals surface area contributed by atoms with Crippen molar-refractivity contribution in [2.75, 3.05) is 6.54 Å². The normalized spacial score (nSPS) is 18.7. The molecule has 0 aromatic carbocycles. The van der Waals surface area contributed by atoms with Gasteiger partial charge in [0.15, 0.2) is 0 Å². The van der Waals surface area contributed by atoms with E-state index in [0.29, 0.717) is 17.2 Å². The summed E-state index contributed by atoms with van der Waals surface area (Å²) in [5.41, 5.74) is 2.21. The third-order valence-electron chi connectivity index (χ3n) is 4.64. The highest BCUT2D eigenvalue weighted by Gasteiger charge is 2.27. The highest BCUT2D eigenvalue weighted by atomic mass is 35.5. The zero-order chi connectivity index (χ0) is 17.4. The van der Waals surface area contributed by atoms with Gasteiger partial charge in [-0.05, 0) is 38.4 Å².